The molecule has 2 saturated heterocycles. The maximum Gasteiger partial charge on any atom is 0.243 e. The fourth-order valence-corrected chi connectivity index (χ4v) is 5.47. The average molecular weight is 533 g/mol. The van der Waals surface area contributed by atoms with Crippen LogP contribution in [0.3, 0.4) is 0 Å². The van der Waals surface area contributed by atoms with Crippen molar-refractivity contribution in [3.63, 3.8) is 0 Å². The summed E-state index contributed by atoms with van der Waals surface area (Å²) in [5.74, 6) is -0.401. The van der Waals surface area contributed by atoms with Crippen LogP contribution in [0.25, 0.3) is 11.0 Å². The maximum absolute atomic E-state index is 13.6. The van der Waals surface area contributed by atoms with E-state index >= 15 is 0 Å². The maximum atomic E-state index is 13.6. The van der Waals surface area contributed by atoms with Gasteiger partial charge in [0, 0.05) is 46.3 Å². The smallest absolute Gasteiger partial charge is 0.243 e. The van der Waals surface area contributed by atoms with Crippen LogP contribution >= 0.6 is 0 Å². The second kappa shape index (κ2) is 11.5. The Morgan fingerprint density at radius 3 is 2.67 bits per heavy atom. The van der Waals surface area contributed by atoms with Gasteiger partial charge in [0.2, 0.25) is 17.7 Å². The predicted octanol–water partition coefficient (Wildman–Crippen LogP) is 0.288. The highest BCUT2D eigenvalue weighted by atomic mass is 16.2. The molecule has 0 aliphatic carbocycles. The fourth-order valence-electron chi connectivity index (χ4n) is 5.47. The van der Waals surface area contributed by atoms with Crippen molar-refractivity contribution in [2.24, 2.45) is 12.8 Å². The van der Waals surface area contributed by atoms with Crippen LogP contribution in [0.4, 0.5) is 0 Å². The van der Waals surface area contributed by atoms with E-state index in [2.05, 4.69) is 20.5 Å². The number of hydrogen-bond acceptors (Lipinski definition) is 7. The number of nitrogens with two attached hydrogens (primary N) is 1. The molecule has 2 aliphatic rings. The Balaban J connectivity index is 1.27. The van der Waals surface area contributed by atoms with Gasteiger partial charge in [0.1, 0.15) is 11.6 Å². The molecule has 3 amide bonds. The molecule has 3 unspecified atom stereocenters. The lowest BCUT2D eigenvalue weighted by Crippen LogP contribution is -2.53. The second-order valence-corrected chi connectivity index (χ2v) is 10.6. The molecule has 3 atom stereocenters. The zero-order chi connectivity index (χ0) is 27.5. The van der Waals surface area contributed by atoms with Gasteiger partial charge < -0.3 is 20.9 Å². The molecule has 3 heterocycles. The van der Waals surface area contributed by atoms with Gasteiger partial charge in [-0.3, -0.25) is 19.3 Å². The summed E-state index contributed by atoms with van der Waals surface area (Å²) >= 11 is 0. The molecule has 2 aliphatic heterocycles. The zero-order valence-electron chi connectivity index (χ0n) is 22.5. The van der Waals surface area contributed by atoms with Crippen LogP contribution in [0.5, 0.6) is 0 Å². The first-order valence-corrected chi connectivity index (χ1v) is 13.4. The van der Waals surface area contributed by atoms with Crippen LogP contribution in [0.1, 0.15) is 24.0 Å². The van der Waals surface area contributed by atoms with Gasteiger partial charge in [-0.1, -0.05) is 41.6 Å². The number of carbonyl (C=O) groups excluding carboxylic acids is 3. The Morgan fingerprint density at radius 2 is 1.90 bits per heavy atom. The standard InChI is InChI=1S/C28H36N8O3/c1-33-12-13-35(18-26(33)37)21-15-25(27(38)30-16-20-9-11-24-23(14-20)31-32-34(24)2)36(17-21)28(39)22(29)10-8-19-6-4-3-5-7-19/h3-7,9,11,14,21-22,25H,8,10,12-13,15-18,29H2,1-2H3,(H,30,38). The molecule has 3 N–H and O–H groups in total. The molecule has 2 fully saturated rings. The van der Waals surface area contributed by atoms with Crippen molar-refractivity contribution < 1.29 is 14.4 Å². The SMILES string of the molecule is CN1CCN(C2CC(C(=O)NCc3ccc4c(c3)nnn4C)N(C(=O)C(N)CCc3ccccc3)C2)CC1=O. The third-order valence-corrected chi connectivity index (χ3v) is 7.91. The third-order valence-electron chi connectivity index (χ3n) is 7.91. The van der Waals surface area contributed by atoms with Gasteiger partial charge in [0.25, 0.3) is 0 Å². The molecule has 0 radical (unpaired) electrons. The molecule has 206 valence electrons. The molecule has 5 rings (SSSR count). The van der Waals surface area contributed by atoms with Crippen molar-refractivity contribution in [3.05, 3.63) is 59.7 Å². The molecule has 39 heavy (non-hydrogen) atoms. The summed E-state index contributed by atoms with van der Waals surface area (Å²) < 4.78 is 1.70. The minimum absolute atomic E-state index is 0.0472. The molecule has 1 aromatic heterocycles. The van der Waals surface area contributed by atoms with Crippen LogP contribution in [0.2, 0.25) is 0 Å². The third kappa shape index (κ3) is 5.94. The summed E-state index contributed by atoms with van der Waals surface area (Å²) in [4.78, 5) is 44.8. The Bertz CT molecular complexity index is 1340. The number of nitrogens with one attached hydrogen (secondary N) is 1. The summed E-state index contributed by atoms with van der Waals surface area (Å²) in [6.45, 7) is 2.30. The highest BCUT2D eigenvalue weighted by molar-refractivity contribution is 5.90. The zero-order valence-corrected chi connectivity index (χ0v) is 22.5. The van der Waals surface area contributed by atoms with Crippen molar-refractivity contribution >= 4 is 28.8 Å². The van der Waals surface area contributed by atoms with E-state index in [1.807, 2.05) is 55.6 Å². The summed E-state index contributed by atoms with van der Waals surface area (Å²) in [6, 6.07) is 14.2. The number of rotatable bonds is 8. The number of piperazine rings is 1. The molecule has 2 aromatic carbocycles. The fraction of sp³-hybridized carbons (Fsp3) is 0.464. The summed E-state index contributed by atoms with van der Waals surface area (Å²) in [5.41, 5.74) is 10.1. The topological polar surface area (TPSA) is 130 Å². The molecule has 0 saturated carbocycles. The highest BCUT2D eigenvalue weighted by Crippen LogP contribution is 2.25. The number of likely N-dealkylation sites (tertiary alicyclic amines) is 1. The normalized spacial score (nSPS) is 20.9. The van der Waals surface area contributed by atoms with Crippen LogP contribution in [-0.4, -0.2) is 98.8 Å². The van der Waals surface area contributed by atoms with Crippen LogP contribution in [-0.2, 0) is 34.4 Å². The van der Waals surface area contributed by atoms with E-state index in [1.165, 1.54) is 0 Å². The van der Waals surface area contributed by atoms with Gasteiger partial charge in [0.05, 0.1) is 18.1 Å². The van der Waals surface area contributed by atoms with Gasteiger partial charge in [-0.05, 0) is 42.5 Å². The van der Waals surface area contributed by atoms with E-state index in [9.17, 15) is 14.4 Å². The van der Waals surface area contributed by atoms with E-state index in [0.717, 1.165) is 22.2 Å². The number of nitrogens with zero attached hydrogens (tertiary/aromatic N) is 6. The highest BCUT2D eigenvalue weighted by Gasteiger charge is 2.43. The number of aryl methyl sites for hydroxylation is 2. The molecule has 3 aromatic rings. The number of fused-ring (bicyclic) bond motifs is 1. The van der Waals surface area contributed by atoms with Gasteiger partial charge in [-0.15, -0.1) is 5.10 Å². The number of carbonyl (C=O) groups is 3. The molecule has 11 nitrogen and oxygen atoms in total. The number of hydrogen-bond donors (Lipinski definition) is 2. The minimum Gasteiger partial charge on any atom is -0.350 e. The lowest BCUT2D eigenvalue weighted by Gasteiger charge is -2.35. The van der Waals surface area contributed by atoms with Crippen molar-refractivity contribution in [3.8, 4) is 0 Å². The van der Waals surface area contributed by atoms with Gasteiger partial charge in [-0.25, -0.2) is 4.68 Å². The van der Waals surface area contributed by atoms with E-state index in [0.29, 0.717) is 45.4 Å². The number of amides is 3. The minimum atomic E-state index is -0.715. The Kier molecular flexibility index (Phi) is 7.89. The van der Waals surface area contributed by atoms with Gasteiger partial charge >= 0.3 is 0 Å². The Morgan fingerprint density at radius 1 is 1.10 bits per heavy atom. The first-order valence-electron chi connectivity index (χ1n) is 13.4. The Hall–Kier alpha value is -3.83. The van der Waals surface area contributed by atoms with Crippen LogP contribution in [0, 0.1) is 0 Å². The van der Waals surface area contributed by atoms with Crippen molar-refractivity contribution in [2.45, 2.75) is 43.9 Å². The number of benzene rings is 2. The van der Waals surface area contributed by atoms with E-state index in [4.69, 9.17) is 5.73 Å². The average Bonchev–Trinajstić information content (AvgIpc) is 3.56. The molecular weight excluding hydrogens is 496 g/mol. The summed E-state index contributed by atoms with van der Waals surface area (Å²) in [5, 5.41) is 11.2. The van der Waals surface area contributed by atoms with Crippen LogP contribution in [0.15, 0.2) is 48.5 Å². The van der Waals surface area contributed by atoms with Crippen molar-refractivity contribution in [2.75, 3.05) is 33.2 Å². The summed E-state index contributed by atoms with van der Waals surface area (Å²) in [7, 11) is 3.63. The lowest BCUT2D eigenvalue weighted by molar-refractivity contribution is -0.139. The molecular formula is C28H36N8O3. The number of aromatic nitrogens is 3. The predicted molar refractivity (Wildman–Crippen MR) is 146 cm³/mol. The largest absolute Gasteiger partial charge is 0.350 e. The molecule has 0 spiro atoms. The van der Waals surface area contributed by atoms with Gasteiger partial charge in [-0.2, -0.15) is 0 Å². The lowest BCUT2D eigenvalue weighted by atomic mass is 10.0. The first kappa shape index (κ1) is 26.8. The van der Waals surface area contributed by atoms with Crippen LogP contribution < -0.4 is 11.1 Å². The van der Waals surface area contributed by atoms with Gasteiger partial charge in [0.15, 0.2) is 0 Å². The second-order valence-electron chi connectivity index (χ2n) is 10.6. The van der Waals surface area contributed by atoms with Crippen molar-refractivity contribution in [1.29, 1.82) is 0 Å². The van der Waals surface area contributed by atoms with E-state index in [-0.39, 0.29) is 30.3 Å². The van der Waals surface area contributed by atoms with E-state index < -0.39 is 12.1 Å². The monoisotopic (exact) mass is 532 g/mol. The summed E-state index contributed by atoms with van der Waals surface area (Å²) in [6.07, 6.45) is 1.63. The quantitative estimate of drug-likeness (QED) is 0.427. The first-order chi connectivity index (χ1) is 18.8. The number of likely N-dealkylation sites (N-methyl/N-ethyl adjacent to an activating group) is 1. The Labute approximate surface area is 227 Å². The van der Waals surface area contributed by atoms with E-state index in [1.54, 1.807) is 21.5 Å². The molecule has 0 bridgehead atoms. The van der Waals surface area contributed by atoms with Crippen molar-refractivity contribution in [1.82, 2.24) is 35.0 Å². The molecule has 11 heteroatoms.